The Morgan fingerprint density at radius 1 is 1.14 bits per heavy atom. The number of nitrogens with zero attached hydrogens (tertiary/aromatic N) is 1. The smallest absolute Gasteiger partial charge is 0.0587 e. The second-order valence-corrected chi connectivity index (χ2v) is 4.43. The van der Waals surface area contributed by atoms with Gasteiger partial charge >= 0.3 is 0 Å². The summed E-state index contributed by atoms with van der Waals surface area (Å²) in [6.45, 7) is 5.03. The van der Waals surface area contributed by atoms with Crippen molar-refractivity contribution >= 4 is 0 Å². The Morgan fingerprint density at radius 2 is 1.86 bits per heavy atom. The van der Waals surface area contributed by atoms with Gasteiger partial charge in [-0.25, -0.2) is 0 Å². The highest BCUT2D eigenvalue weighted by Gasteiger charge is 2.25. The van der Waals surface area contributed by atoms with Gasteiger partial charge in [-0.2, -0.15) is 0 Å². The maximum Gasteiger partial charge on any atom is 0.0587 e. The van der Waals surface area contributed by atoms with Gasteiger partial charge in [-0.15, -0.1) is 0 Å². The predicted molar refractivity (Wildman–Crippen MR) is 60.4 cm³/mol. The fourth-order valence-electron chi connectivity index (χ4n) is 2.09. The van der Waals surface area contributed by atoms with Crippen LogP contribution in [0.5, 0.6) is 0 Å². The summed E-state index contributed by atoms with van der Waals surface area (Å²) >= 11 is 0. The molecule has 84 valence electrons. The molecule has 1 N–H and O–H groups in total. The summed E-state index contributed by atoms with van der Waals surface area (Å²) in [5, 5.41) is 8.99. The molecule has 1 atom stereocenters. The highest BCUT2D eigenvalue weighted by atomic mass is 16.3. The number of hydrogen-bond donors (Lipinski definition) is 1. The van der Waals surface area contributed by atoms with Crippen LogP contribution in [0.3, 0.4) is 0 Å². The van der Waals surface area contributed by atoms with Crippen molar-refractivity contribution in [2.75, 3.05) is 19.7 Å². The molecule has 1 aliphatic rings. The Labute approximate surface area is 88.3 Å². The summed E-state index contributed by atoms with van der Waals surface area (Å²) in [4.78, 5) is 2.42. The Morgan fingerprint density at radius 3 is 2.43 bits per heavy atom. The van der Waals surface area contributed by atoms with Crippen molar-refractivity contribution in [1.82, 2.24) is 4.90 Å². The highest BCUT2D eigenvalue weighted by molar-refractivity contribution is 4.81. The molecule has 1 rings (SSSR count). The van der Waals surface area contributed by atoms with Gasteiger partial charge in [0, 0.05) is 12.6 Å². The first-order chi connectivity index (χ1) is 6.88. The quantitative estimate of drug-likeness (QED) is 0.607. The molecular formula is C12H25NO. The van der Waals surface area contributed by atoms with Crippen molar-refractivity contribution in [1.29, 1.82) is 0 Å². The van der Waals surface area contributed by atoms with Gasteiger partial charge in [-0.1, -0.05) is 39.0 Å². The van der Waals surface area contributed by atoms with Crippen molar-refractivity contribution in [3.63, 3.8) is 0 Å². The largest absolute Gasteiger partial charge is 0.395 e. The number of likely N-dealkylation sites (tertiary alicyclic amines) is 1. The summed E-state index contributed by atoms with van der Waals surface area (Å²) in [6, 6.07) is 0.491. The van der Waals surface area contributed by atoms with E-state index in [0.29, 0.717) is 12.6 Å². The molecule has 0 unspecified atom stereocenters. The van der Waals surface area contributed by atoms with Crippen LogP contribution in [0, 0.1) is 0 Å². The molecule has 0 bridgehead atoms. The molecule has 1 fully saturated rings. The third kappa shape index (κ3) is 3.97. The van der Waals surface area contributed by atoms with Crippen LogP contribution in [0.2, 0.25) is 0 Å². The summed E-state index contributed by atoms with van der Waals surface area (Å²) in [5.74, 6) is 0. The van der Waals surface area contributed by atoms with E-state index in [-0.39, 0.29) is 0 Å². The van der Waals surface area contributed by atoms with Crippen LogP contribution >= 0.6 is 0 Å². The van der Waals surface area contributed by atoms with Crippen molar-refractivity contribution in [2.45, 2.75) is 57.9 Å². The van der Waals surface area contributed by atoms with Crippen molar-refractivity contribution in [2.24, 2.45) is 0 Å². The molecule has 0 saturated carbocycles. The number of unbranched alkanes of at least 4 members (excludes halogenated alkanes) is 5. The Bertz CT molecular complexity index is 136. The van der Waals surface area contributed by atoms with Crippen LogP contribution in [-0.4, -0.2) is 35.7 Å². The lowest BCUT2D eigenvalue weighted by atomic mass is 10.0. The molecule has 14 heavy (non-hydrogen) atoms. The molecule has 0 aliphatic carbocycles. The molecule has 0 amide bonds. The lowest BCUT2D eigenvalue weighted by Gasteiger charge is -2.39. The molecule has 0 spiro atoms. The van der Waals surface area contributed by atoms with Gasteiger partial charge in [0.05, 0.1) is 6.61 Å². The highest BCUT2D eigenvalue weighted by Crippen LogP contribution is 2.17. The van der Waals surface area contributed by atoms with Gasteiger partial charge in [0.1, 0.15) is 0 Å². The topological polar surface area (TPSA) is 23.5 Å². The van der Waals surface area contributed by atoms with E-state index in [4.69, 9.17) is 5.11 Å². The molecular weight excluding hydrogens is 174 g/mol. The van der Waals surface area contributed by atoms with E-state index in [2.05, 4.69) is 11.8 Å². The maximum absolute atomic E-state index is 8.99. The zero-order valence-electron chi connectivity index (χ0n) is 9.54. The number of hydrogen-bond acceptors (Lipinski definition) is 2. The molecule has 0 aromatic rings. The van der Waals surface area contributed by atoms with Gasteiger partial charge in [0.2, 0.25) is 0 Å². The second kappa shape index (κ2) is 7.24. The zero-order chi connectivity index (χ0) is 10.2. The molecule has 0 aromatic carbocycles. The first kappa shape index (κ1) is 12.0. The standard InChI is InChI=1S/C12H25NO/c1-2-3-4-5-6-7-9-13-10-8-12(13)11-14/h12,14H,2-11H2,1H3/t12-/m0/s1. The van der Waals surface area contributed by atoms with Crippen LogP contribution in [0.15, 0.2) is 0 Å². The number of aliphatic hydroxyl groups excluding tert-OH is 1. The summed E-state index contributed by atoms with van der Waals surface area (Å²) in [7, 11) is 0. The monoisotopic (exact) mass is 199 g/mol. The van der Waals surface area contributed by atoms with Crippen molar-refractivity contribution in [3.05, 3.63) is 0 Å². The van der Waals surface area contributed by atoms with E-state index in [0.717, 1.165) is 0 Å². The summed E-state index contributed by atoms with van der Waals surface area (Å²) in [6.07, 6.45) is 9.41. The Hall–Kier alpha value is -0.0800. The minimum Gasteiger partial charge on any atom is -0.395 e. The molecule has 2 heteroatoms. The van der Waals surface area contributed by atoms with E-state index < -0.39 is 0 Å². The van der Waals surface area contributed by atoms with Crippen molar-refractivity contribution in [3.8, 4) is 0 Å². The normalized spacial score (nSPS) is 22.3. The minimum absolute atomic E-state index is 0.357. The fourth-order valence-corrected chi connectivity index (χ4v) is 2.09. The first-order valence-corrected chi connectivity index (χ1v) is 6.23. The number of aliphatic hydroxyl groups is 1. The van der Waals surface area contributed by atoms with Crippen LogP contribution in [-0.2, 0) is 0 Å². The molecule has 0 radical (unpaired) electrons. The second-order valence-electron chi connectivity index (χ2n) is 4.43. The summed E-state index contributed by atoms with van der Waals surface area (Å²) in [5.41, 5.74) is 0. The van der Waals surface area contributed by atoms with Crippen LogP contribution in [0.4, 0.5) is 0 Å². The molecule has 0 aromatic heterocycles. The third-order valence-electron chi connectivity index (χ3n) is 3.28. The lowest BCUT2D eigenvalue weighted by Crippen LogP contribution is -2.49. The lowest BCUT2D eigenvalue weighted by molar-refractivity contribution is 0.0411. The van der Waals surface area contributed by atoms with E-state index in [1.165, 1.54) is 58.0 Å². The third-order valence-corrected chi connectivity index (χ3v) is 3.28. The Balaban J connectivity index is 1.84. The van der Waals surface area contributed by atoms with Gasteiger partial charge < -0.3 is 5.11 Å². The van der Waals surface area contributed by atoms with Gasteiger partial charge in [-0.3, -0.25) is 4.90 Å². The van der Waals surface area contributed by atoms with Gasteiger partial charge in [0.15, 0.2) is 0 Å². The fraction of sp³-hybridized carbons (Fsp3) is 1.00. The van der Waals surface area contributed by atoms with E-state index >= 15 is 0 Å². The van der Waals surface area contributed by atoms with Crippen LogP contribution < -0.4 is 0 Å². The first-order valence-electron chi connectivity index (χ1n) is 6.23. The van der Waals surface area contributed by atoms with Gasteiger partial charge in [0.25, 0.3) is 0 Å². The minimum atomic E-state index is 0.357. The van der Waals surface area contributed by atoms with Crippen molar-refractivity contribution < 1.29 is 5.11 Å². The van der Waals surface area contributed by atoms with E-state index in [1.54, 1.807) is 0 Å². The molecule has 1 saturated heterocycles. The van der Waals surface area contributed by atoms with Crippen LogP contribution in [0.25, 0.3) is 0 Å². The number of rotatable bonds is 8. The SMILES string of the molecule is CCCCCCCCN1CC[C@H]1CO. The molecule has 1 heterocycles. The van der Waals surface area contributed by atoms with E-state index in [9.17, 15) is 0 Å². The Kier molecular flexibility index (Phi) is 6.20. The van der Waals surface area contributed by atoms with E-state index in [1.807, 2.05) is 0 Å². The zero-order valence-corrected chi connectivity index (χ0v) is 9.54. The molecule has 1 aliphatic heterocycles. The summed E-state index contributed by atoms with van der Waals surface area (Å²) < 4.78 is 0. The van der Waals surface area contributed by atoms with Gasteiger partial charge in [-0.05, 0) is 19.4 Å². The average molecular weight is 199 g/mol. The maximum atomic E-state index is 8.99. The predicted octanol–water partition coefficient (Wildman–Crippen LogP) is 2.41. The average Bonchev–Trinajstić information content (AvgIpc) is 2.15. The molecule has 2 nitrogen and oxygen atoms in total. The van der Waals surface area contributed by atoms with Crippen LogP contribution in [0.1, 0.15) is 51.9 Å².